The van der Waals surface area contributed by atoms with E-state index >= 15 is 0 Å². The molecule has 118 valence electrons. The van der Waals surface area contributed by atoms with Crippen LogP contribution in [0, 0.1) is 0 Å². The molecule has 1 aromatic heterocycles. The van der Waals surface area contributed by atoms with Gasteiger partial charge in [-0.3, -0.25) is 0 Å². The van der Waals surface area contributed by atoms with E-state index in [1.54, 1.807) is 13.0 Å². The van der Waals surface area contributed by atoms with Gasteiger partial charge in [0.2, 0.25) is 0 Å². The second-order valence-electron chi connectivity index (χ2n) is 5.05. The summed E-state index contributed by atoms with van der Waals surface area (Å²) in [6.07, 6.45) is 0. The van der Waals surface area contributed by atoms with Gasteiger partial charge in [-0.2, -0.15) is 0 Å². The largest absolute Gasteiger partial charge is 0.459 e. The van der Waals surface area contributed by atoms with E-state index in [4.69, 9.17) is 13.9 Å². The van der Waals surface area contributed by atoms with Crippen LogP contribution in [0.1, 0.15) is 12.5 Å². The molecule has 2 aromatic carbocycles. The fourth-order valence-corrected chi connectivity index (χ4v) is 2.52. The number of carbonyl (C=O) groups is 1. The lowest BCUT2D eigenvalue weighted by atomic mass is 10.0. The highest BCUT2D eigenvalue weighted by atomic mass is 16.6. The molecule has 0 saturated heterocycles. The first kappa shape index (κ1) is 15.2. The molecule has 0 fully saturated rings. The van der Waals surface area contributed by atoms with E-state index in [9.17, 15) is 9.59 Å². The lowest BCUT2D eigenvalue weighted by Crippen LogP contribution is -2.13. The Morgan fingerprint density at radius 2 is 2.00 bits per heavy atom. The summed E-state index contributed by atoms with van der Waals surface area (Å²) in [4.78, 5) is 23.3. The van der Waals surface area contributed by atoms with Gasteiger partial charge in [0.1, 0.15) is 18.8 Å². The number of fused-ring (bicyclic) bond motifs is 3. The molecule has 0 amide bonds. The monoisotopic (exact) mass is 312 g/mol. The Morgan fingerprint density at radius 3 is 2.83 bits per heavy atom. The zero-order valence-electron chi connectivity index (χ0n) is 12.7. The van der Waals surface area contributed by atoms with Crippen LogP contribution in [0.5, 0.6) is 0 Å². The molecule has 0 aliphatic carbocycles. The number of ether oxygens (including phenoxy) is 2. The second-order valence-corrected chi connectivity index (χ2v) is 5.05. The predicted octanol–water partition coefficient (Wildman–Crippen LogP) is 3.03. The number of hydrogen-bond acceptors (Lipinski definition) is 5. The van der Waals surface area contributed by atoms with E-state index in [0.29, 0.717) is 17.8 Å². The standard InChI is InChI=1S/C18H16O5/c1-2-21-11-17(20)22-10-13-9-16(19)23-15-8-7-12-5-3-4-6-14(12)18(13)15/h3-9H,2,10-11H2,1H3. The molecule has 0 spiro atoms. The van der Waals surface area contributed by atoms with Gasteiger partial charge in [-0.1, -0.05) is 30.3 Å². The SMILES string of the molecule is CCOCC(=O)OCc1cc(=O)oc2ccc3ccccc3c12. The van der Waals surface area contributed by atoms with Crippen LogP contribution in [0.25, 0.3) is 21.7 Å². The molecule has 0 aliphatic heterocycles. The number of carbonyl (C=O) groups excluding carboxylic acids is 1. The summed E-state index contributed by atoms with van der Waals surface area (Å²) in [5, 5.41) is 2.76. The first-order valence-electron chi connectivity index (χ1n) is 7.37. The van der Waals surface area contributed by atoms with Crippen LogP contribution in [0.15, 0.2) is 51.7 Å². The smallest absolute Gasteiger partial charge is 0.336 e. The Bertz CT molecular complexity index is 910. The van der Waals surface area contributed by atoms with Gasteiger partial charge < -0.3 is 13.9 Å². The highest BCUT2D eigenvalue weighted by Gasteiger charge is 2.11. The highest BCUT2D eigenvalue weighted by molar-refractivity contribution is 6.07. The summed E-state index contributed by atoms with van der Waals surface area (Å²) in [7, 11) is 0. The first-order valence-corrected chi connectivity index (χ1v) is 7.37. The van der Waals surface area contributed by atoms with Gasteiger partial charge >= 0.3 is 11.6 Å². The molecule has 0 aliphatic rings. The average molecular weight is 312 g/mol. The lowest BCUT2D eigenvalue weighted by Gasteiger charge is -2.09. The van der Waals surface area contributed by atoms with Crippen molar-refractivity contribution in [3.05, 3.63) is 58.4 Å². The molecule has 0 saturated carbocycles. The van der Waals surface area contributed by atoms with E-state index < -0.39 is 11.6 Å². The minimum Gasteiger partial charge on any atom is -0.459 e. The Balaban J connectivity index is 2.03. The number of hydrogen-bond donors (Lipinski definition) is 0. The Labute approximate surface area is 132 Å². The van der Waals surface area contributed by atoms with Crippen molar-refractivity contribution in [2.75, 3.05) is 13.2 Å². The maximum absolute atomic E-state index is 11.7. The van der Waals surface area contributed by atoms with Crippen molar-refractivity contribution in [3.63, 3.8) is 0 Å². The summed E-state index contributed by atoms with van der Waals surface area (Å²) >= 11 is 0. The normalized spacial score (nSPS) is 11.0. The van der Waals surface area contributed by atoms with E-state index in [1.807, 2.05) is 30.3 Å². The van der Waals surface area contributed by atoms with Crippen molar-refractivity contribution in [3.8, 4) is 0 Å². The van der Waals surface area contributed by atoms with Gasteiger partial charge in [-0.15, -0.1) is 0 Å². The molecule has 3 rings (SSSR count). The van der Waals surface area contributed by atoms with Gasteiger partial charge in [0.25, 0.3) is 0 Å². The molecule has 0 atom stereocenters. The van der Waals surface area contributed by atoms with Crippen molar-refractivity contribution < 1.29 is 18.7 Å². The number of rotatable bonds is 5. The van der Waals surface area contributed by atoms with Crippen LogP contribution in [0.2, 0.25) is 0 Å². The summed E-state index contributed by atoms with van der Waals surface area (Å²) < 4.78 is 15.5. The minimum atomic E-state index is -0.469. The fraction of sp³-hybridized carbons (Fsp3) is 0.222. The van der Waals surface area contributed by atoms with Gasteiger partial charge in [0, 0.05) is 23.6 Å². The zero-order chi connectivity index (χ0) is 16.2. The summed E-state index contributed by atoms with van der Waals surface area (Å²) in [5.41, 5.74) is 0.633. The van der Waals surface area contributed by atoms with Crippen LogP contribution in [-0.4, -0.2) is 19.2 Å². The number of benzene rings is 2. The summed E-state index contributed by atoms with van der Waals surface area (Å²) in [5.74, 6) is -0.464. The third kappa shape index (κ3) is 3.24. The van der Waals surface area contributed by atoms with E-state index in [0.717, 1.165) is 16.2 Å². The van der Waals surface area contributed by atoms with Crippen molar-refractivity contribution in [1.29, 1.82) is 0 Å². The Hall–Kier alpha value is -2.66. The molecular weight excluding hydrogens is 296 g/mol. The molecule has 0 bridgehead atoms. The van der Waals surface area contributed by atoms with Gasteiger partial charge in [0.15, 0.2) is 0 Å². The second kappa shape index (κ2) is 6.62. The molecule has 3 aromatic rings. The molecule has 5 heteroatoms. The lowest BCUT2D eigenvalue weighted by molar-refractivity contribution is -0.150. The topological polar surface area (TPSA) is 65.7 Å². The molecule has 23 heavy (non-hydrogen) atoms. The van der Waals surface area contributed by atoms with Crippen molar-refractivity contribution in [2.45, 2.75) is 13.5 Å². The van der Waals surface area contributed by atoms with E-state index in [-0.39, 0.29) is 13.2 Å². The van der Waals surface area contributed by atoms with Crippen molar-refractivity contribution in [2.24, 2.45) is 0 Å². The Morgan fingerprint density at radius 1 is 1.17 bits per heavy atom. The molecule has 1 heterocycles. The quantitative estimate of drug-likeness (QED) is 0.411. The van der Waals surface area contributed by atoms with Crippen LogP contribution >= 0.6 is 0 Å². The van der Waals surface area contributed by atoms with Crippen LogP contribution in [0.4, 0.5) is 0 Å². The molecule has 0 N–H and O–H groups in total. The van der Waals surface area contributed by atoms with Crippen LogP contribution in [-0.2, 0) is 20.9 Å². The average Bonchev–Trinajstić information content (AvgIpc) is 2.57. The molecular formula is C18H16O5. The van der Waals surface area contributed by atoms with Gasteiger partial charge in [-0.25, -0.2) is 9.59 Å². The van der Waals surface area contributed by atoms with Crippen molar-refractivity contribution in [1.82, 2.24) is 0 Å². The van der Waals surface area contributed by atoms with Gasteiger partial charge in [-0.05, 0) is 23.8 Å². The van der Waals surface area contributed by atoms with Crippen molar-refractivity contribution >= 4 is 27.7 Å². The molecule has 0 radical (unpaired) electrons. The number of esters is 1. The summed E-state index contributed by atoms with van der Waals surface area (Å²) in [6, 6.07) is 12.8. The zero-order valence-corrected chi connectivity index (χ0v) is 12.7. The first-order chi connectivity index (χ1) is 11.2. The predicted molar refractivity (Wildman–Crippen MR) is 86.3 cm³/mol. The van der Waals surface area contributed by atoms with Gasteiger partial charge in [0.05, 0.1) is 0 Å². The summed E-state index contributed by atoms with van der Waals surface area (Å²) in [6.45, 7) is 2.14. The van der Waals surface area contributed by atoms with E-state index in [1.165, 1.54) is 6.07 Å². The van der Waals surface area contributed by atoms with E-state index in [2.05, 4.69) is 0 Å². The third-order valence-corrected chi connectivity index (χ3v) is 3.53. The maximum Gasteiger partial charge on any atom is 0.336 e. The van der Waals surface area contributed by atoms with Crippen LogP contribution in [0.3, 0.4) is 0 Å². The molecule has 0 unspecified atom stereocenters. The third-order valence-electron chi connectivity index (χ3n) is 3.53. The fourth-order valence-electron chi connectivity index (χ4n) is 2.52. The maximum atomic E-state index is 11.7. The minimum absolute atomic E-state index is 0.00200. The Kier molecular flexibility index (Phi) is 4.39. The van der Waals surface area contributed by atoms with Crippen LogP contribution < -0.4 is 5.63 Å². The highest BCUT2D eigenvalue weighted by Crippen LogP contribution is 2.27. The molecule has 5 nitrogen and oxygen atoms in total.